The molecule has 0 aliphatic carbocycles. The number of ether oxygens (including phenoxy) is 1. The minimum Gasteiger partial charge on any atom is -0.382 e. The maximum Gasteiger partial charge on any atom is 0.191 e. The molecule has 168 valence electrons. The Balaban J connectivity index is 0.00000450. The highest BCUT2D eigenvalue weighted by Gasteiger charge is 2.13. The molecule has 0 radical (unpaired) electrons. The molecule has 0 aliphatic rings. The Kier molecular flexibility index (Phi) is 12.4. The summed E-state index contributed by atoms with van der Waals surface area (Å²) in [5, 5.41) is 14.4. The molecule has 0 amide bonds. The highest BCUT2D eigenvalue weighted by Crippen LogP contribution is 2.17. The fraction of sp³-hybridized carbons (Fsp3) is 0.550. The number of aromatic nitrogens is 3. The van der Waals surface area contributed by atoms with Crippen molar-refractivity contribution in [1.29, 1.82) is 0 Å². The zero-order valence-electron chi connectivity index (χ0n) is 17.7. The molecule has 2 aromatic rings. The van der Waals surface area contributed by atoms with Crippen molar-refractivity contribution in [2.75, 3.05) is 26.3 Å². The SMILES string of the molecule is CCOCCCN=C(NCCn1cnnc1CC)NC(C)c1ccc(F)cc1F.I. The Morgan fingerprint density at radius 1 is 1.30 bits per heavy atom. The monoisotopic (exact) mass is 536 g/mol. The molecule has 1 atom stereocenters. The van der Waals surface area contributed by atoms with E-state index in [0.717, 1.165) is 24.7 Å². The second-order valence-corrected chi connectivity index (χ2v) is 6.53. The van der Waals surface area contributed by atoms with Crippen molar-refractivity contribution in [3.8, 4) is 0 Å². The molecule has 0 fully saturated rings. The molecule has 0 aliphatic heterocycles. The number of rotatable bonds is 11. The standard InChI is InChI=1S/C20H30F2N6O.HI/c1-4-19-27-25-14-28(19)11-10-24-20(23-9-6-12-29-5-2)26-15(3)17-8-7-16(21)13-18(17)22;/h7-8,13-15H,4-6,9-12H2,1-3H3,(H2,23,24,26);1H. The summed E-state index contributed by atoms with van der Waals surface area (Å²) in [7, 11) is 0. The number of hydrogen-bond donors (Lipinski definition) is 2. The number of benzene rings is 1. The maximum atomic E-state index is 14.1. The number of nitrogens with one attached hydrogen (secondary N) is 2. The van der Waals surface area contributed by atoms with Crippen LogP contribution in [-0.2, 0) is 17.7 Å². The van der Waals surface area contributed by atoms with Crippen LogP contribution in [0.25, 0.3) is 0 Å². The number of aryl methyl sites for hydroxylation is 1. The van der Waals surface area contributed by atoms with Crippen LogP contribution >= 0.6 is 24.0 Å². The summed E-state index contributed by atoms with van der Waals surface area (Å²) in [5.41, 5.74) is 0.377. The van der Waals surface area contributed by atoms with Crippen LogP contribution < -0.4 is 10.6 Å². The van der Waals surface area contributed by atoms with Gasteiger partial charge in [-0.2, -0.15) is 0 Å². The number of hydrogen-bond acceptors (Lipinski definition) is 4. The summed E-state index contributed by atoms with van der Waals surface area (Å²) in [6.45, 7) is 8.94. The Labute approximate surface area is 193 Å². The second-order valence-electron chi connectivity index (χ2n) is 6.53. The van der Waals surface area contributed by atoms with E-state index in [1.165, 1.54) is 12.1 Å². The van der Waals surface area contributed by atoms with Crippen LogP contribution in [0.2, 0.25) is 0 Å². The van der Waals surface area contributed by atoms with Crippen molar-refractivity contribution in [3.05, 3.63) is 47.5 Å². The van der Waals surface area contributed by atoms with E-state index in [4.69, 9.17) is 4.74 Å². The van der Waals surface area contributed by atoms with E-state index in [9.17, 15) is 8.78 Å². The van der Waals surface area contributed by atoms with Crippen molar-refractivity contribution in [2.24, 2.45) is 4.99 Å². The molecule has 2 N–H and O–H groups in total. The van der Waals surface area contributed by atoms with Crippen molar-refractivity contribution < 1.29 is 13.5 Å². The third-order valence-corrected chi connectivity index (χ3v) is 4.36. The van der Waals surface area contributed by atoms with Gasteiger partial charge >= 0.3 is 0 Å². The number of halogens is 3. The van der Waals surface area contributed by atoms with Crippen molar-refractivity contribution in [3.63, 3.8) is 0 Å². The van der Waals surface area contributed by atoms with Crippen molar-refractivity contribution in [2.45, 2.75) is 46.2 Å². The minimum atomic E-state index is -0.595. The summed E-state index contributed by atoms with van der Waals surface area (Å²) in [5.74, 6) is 0.292. The van der Waals surface area contributed by atoms with E-state index in [2.05, 4.69) is 25.8 Å². The van der Waals surface area contributed by atoms with Gasteiger partial charge in [0.15, 0.2) is 5.96 Å². The summed E-state index contributed by atoms with van der Waals surface area (Å²) >= 11 is 0. The third kappa shape index (κ3) is 8.50. The fourth-order valence-corrected chi connectivity index (χ4v) is 2.82. The molecule has 1 aromatic carbocycles. The first kappa shape index (κ1) is 26.2. The molecule has 1 heterocycles. The average molecular weight is 536 g/mol. The number of aliphatic imine (C=N–C) groups is 1. The Morgan fingerprint density at radius 3 is 2.80 bits per heavy atom. The van der Waals surface area contributed by atoms with Crippen LogP contribution in [0.5, 0.6) is 0 Å². The van der Waals surface area contributed by atoms with Gasteiger partial charge in [0.1, 0.15) is 23.8 Å². The first-order valence-corrected chi connectivity index (χ1v) is 9.99. The molecular weight excluding hydrogens is 505 g/mol. The van der Waals surface area contributed by atoms with Gasteiger partial charge in [-0.3, -0.25) is 4.99 Å². The molecule has 10 heteroatoms. The minimum absolute atomic E-state index is 0. The predicted molar refractivity (Wildman–Crippen MR) is 124 cm³/mol. The van der Waals surface area contributed by atoms with E-state index >= 15 is 0 Å². The van der Waals surface area contributed by atoms with E-state index in [-0.39, 0.29) is 30.0 Å². The van der Waals surface area contributed by atoms with E-state index < -0.39 is 11.6 Å². The van der Waals surface area contributed by atoms with Gasteiger partial charge < -0.3 is 19.9 Å². The molecule has 7 nitrogen and oxygen atoms in total. The van der Waals surface area contributed by atoms with E-state index in [0.29, 0.717) is 44.4 Å². The van der Waals surface area contributed by atoms with Gasteiger partial charge in [0.25, 0.3) is 0 Å². The van der Waals surface area contributed by atoms with Crippen molar-refractivity contribution in [1.82, 2.24) is 25.4 Å². The Morgan fingerprint density at radius 2 is 2.10 bits per heavy atom. The van der Waals surface area contributed by atoms with Gasteiger partial charge in [-0.25, -0.2) is 8.78 Å². The largest absolute Gasteiger partial charge is 0.382 e. The smallest absolute Gasteiger partial charge is 0.191 e. The molecule has 1 aromatic heterocycles. The lowest BCUT2D eigenvalue weighted by molar-refractivity contribution is 0.146. The lowest BCUT2D eigenvalue weighted by Crippen LogP contribution is -2.40. The summed E-state index contributed by atoms with van der Waals surface area (Å²) in [4.78, 5) is 4.55. The lowest BCUT2D eigenvalue weighted by atomic mass is 10.1. The zero-order valence-corrected chi connectivity index (χ0v) is 20.0. The van der Waals surface area contributed by atoms with Crippen LogP contribution in [0.4, 0.5) is 8.78 Å². The molecule has 0 spiro atoms. The number of nitrogens with zero attached hydrogens (tertiary/aromatic N) is 4. The van der Waals surface area contributed by atoms with Gasteiger partial charge in [-0.05, 0) is 26.3 Å². The van der Waals surface area contributed by atoms with Crippen LogP contribution in [-0.4, -0.2) is 47.0 Å². The molecule has 0 bridgehead atoms. The first-order chi connectivity index (χ1) is 14.0. The highest BCUT2D eigenvalue weighted by molar-refractivity contribution is 14.0. The topological polar surface area (TPSA) is 76.4 Å². The zero-order chi connectivity index (χ0) is 21.1. The summed E-state index contributed by atoms with van der Waals surface area (Å²) in [6.07, 6.45) is 3.28. The predicted octanol–water partition coefficient (Wildman–Crippen LogP) is 3.46. The number of guanidine groups is 1. The Hall–Kier alpha value is -1.82. The first-order valence-electron chi connectivity index (χ1n) is 9.99. The van der Waals surface area contributed by atoms with Gasteiger partial charge in [-0.1, -0.05) is 13.0 Å². The summed E-state index contributed by atoms with van der Waals surface area (Å²) in [6, 6.07) is 3.20. The van der Waals surface area contributed by atoms with E-state index in [1.807, 2.05) is 25.3 Å². The van der Waals surface area contributed by atoms with Gasteiger partial charge in [-0.15, -0.1) is 34.2 Å². The Bertz CT molecular complexity index is 786. The van der Waals surface area contributed by atoms with Crippen LogP contribution in [0.1, 0.15) is 44.6 Å². The molecule has 1 unspecified atom stereocenters. The molecule has 2 rings (SSSR count). The van der Waals surface area contributed by atoms with Crippen LogP contribution in [0.3, 0.4) is 0 Å². The van der Waals surface area contributed by atoms with Crippen molar-refractivity contribution >= 4 is 29.9 Å². The highest BCUT2D eigenvalue weighted by atomic mass is 127. The normalized spacial score (nSPS) is 12.4. The average Bonchev–Trinajstić information content (AvgIpc) is 3.15. The quantitative estimate of drug-likeness (QED) is 0.199. The molecule has 0 saturated heterocycles. The lowest BCUT2D eigenvalue weighted by Gasteiger charge is -2.19. The molecule has 0 saturated carbocycles. The van der Waals surface area contributed by atoms with Crippen LogP contribution in [0, 0.1) is 11.6 Å². The third-order valence-electron chi connectivity index (χ3n) is 4.36. The van der Waals surface area contributed by atoms with E-state index in [1.54, 1.807) is 6.33 Å². The van der Waals surface area contributed by atoms with Crippen LogP contribution in [0.15, 0.2) is 29.5 Å². The second kappa shape index (κ2) is 14.2. The molecular formula is C20H31F2IN6O. The van der Waals surface area contributed by atoms with Gasteiger partial charge in [0, 0.05) is 50.9 Å². The maximum absolute atomic E-state index is 14.1. The van der Waals surface area contributed by atoms with Gasteiger partial charge in [0.2, 0.25) is 0 Å². The fourth-order valence-electron chi connectivity index (χ4n) is 2.82. The molecule has 30 heavy (non-hydrogen) atoms. The van der Waals surface area contributed by atoms with Gasteiger partial charge in [0.05, 0.1) is 6.04 Å². The summed E-state index contributed by atoms with van der Waals surface area (Å²) < 4.78 is 34.6.